The highest BCUT2D eigenvalue weighted by Gasteiger charge is 1.94. The molecule has 0 aliphatic carbocycles. The molecule has 0 aliphatic heterocycles. The molecule has 10 heavy (non-hydrogen) atoms. The second kappa shape index (κ2) is 4.58. The van der Waals surface area contributed by atoms with Crippen LogP contribution in [0.15, 0.2) is 11.6 Å². The van der Waals surface area contributed by atoms with Crippen LogP contribution in [-0.2, 0) is 0 Å². The smallest absolute Gasteiger partial charge is 0.0940 e. The molecule has 0 radical (unpaired) electrons. The van der Waals surface area contributed by atoms with Gasteiger partial charge in [-0.05, 0) is 20.3 Å². The van der Waals surface area contributed by atoms with Crippen LogP contribution in [0.5, 0.6) is 0 Å². The minimum Gasteiger partial charge on any atom is -0.198 e. The van der Waals surface area contributed by atoms with Gasteiger partial charge < -0.3 is 0 Å². The van der Waals surface area contributed by atoms with Gasteiger partial charge in [-0.2, -0.15) is 10.5 Å². The first-order valence-corrected chi connectivity index (χ1v) is 3.17. The maximum atomic E-state index is 8.36. The monoisotopic (exact) mass is 134 g/mol. The summed E-state index contributed by atoms with van der Waals surface area (Å²) in [5, 5.41) is 16.7. The molecule has 0 aromatic rings. The van der Waals surface area contributed by atoms with E-state index >= 15 is 0 Å². The van der Waals surface area contributed by atoms with E-state index in [0.29, 0.717) is 12.0 Å². The summed E-state index contributed by atoms with van der Waals surface area (Å²) < 4.78 is 0. The van der Waals surface area contributed by atoms with Gasteiger partial charge in [-0.3, -0.25) is 0 Å². The zero-order chi connectivity index (χ0) is 7.98. The summed E-state index contributed by atoms with van der Waals surface area (Å²) in [4.78, 5) is 0. The molecular weight excluding hydrogens is 124 g/mol. The molecule has 0 aromatic heterocycles. The predicted molar refractivity (Wildman–Crippen MR) is 38.8 cm³/mol. The van der Waals surface area contributed by atoms with E-state index in [0.717, 1.165) is 0 Å². The minimum absolute atomic E-state index is 0.0169. The van der Waals surface area contributed by atoms with E-state index in [9.17, 15) is 0 Å². The van der Waals surface area contributed by atoms with Crippen LogP contribution < -0.4 is 0 Å². The molecule has 52 valence electrons. The minimum atomic E-state index is 0.0169. The summed E-state index contributed by atoms with van der Waals surface area (Å²) in [5.41, 5.74) is 0.683. The molecule has 0 bridgehead atoms. The second-order valence-electron chi connectivity index (χ2n) is 2.26. The average molecular weight is 134 g/mol. The topological polar surface area (TPSA) is 47.6 Å². The molecule has 0 heterocycles. The van der Waals surface area contributed by atoms with Crippen molar-refractivity contribution in [3.63, 3.8) is 0 Å². The number of hydrogen-bond donors (Lipinski definition) is 0. The molecule has 1 atom stereocenters. The molecule has 2 heteroatoms. The van der Waals surface area contributed by atoms with Crippen molar-refractivity contribution in [2.75, 3.05) is 0 Å². The summed E-state index contributed by atoms with van der Waals surface area (Å²) in [5.74, 6) is 0.0169. The maximum absolute atomic E-state index is 8.36. The van der Waals surface area contributed by atoms with Crippen LogP contribution in [-0.4, -0.2) is 0 Å². The highest BCUT2D eigenvalue weighted by Crippen LogP contribution is 2.02. The van der Waals surface area contributed by atoms with E-state index in [1.165, 1.54) is 0 Å². The predicted octanol–water partition coefficient (Wildman–Crippen LogP) is 2.01. The largest absolute Gasteiger partial charge is 0.198 e. The van der Waals surface area contributed by atoms with Crippen LogP contribution in [0.25, 0.3) is 0 Å². The van der Waals surface area contributed by atoms with Crippen LogP contribution in [0.3, 0.4) is 0 Å². The Morgan fingerprint density at radius 2 is 2.20 bits per heavy atom. The van der Waals surface area contributed by atoms with Gasteiger partial charge in [0.15, 0.2) is 0 Å². The van der Waals surface area contributed by atoms with Gasteiger partial charge in [0.2, 0.25) is 0 Å². The van der Waals surface area contributed by atoms with Crippen molar-refractivity contribution in [1.29, 1.82) is 10.5 Å². The Kier molecular flexibility index (Phi) is 4.00. The Morgan fingerprint density at radius 1 is 1.60 bits per heavy atom. The summed E-state index contributed by atoms with van der Waals surface area (Å²) in [6.07, 6.45) is 2.46. The van der Waals surface area contributed by atoms with Crippen LogP contribution in [0.4, 0.5) is 0 Å². The van der Waals surface area contributed by atoms with Crippen molar-refractivity contribution in [1.82, 2.24) is 0 Å². The number of nitriles is 2. The Balaban J connectivity index is 3.78. The van der Waals surface area contributed by atoms with Crippen molar-refractivity contribution in [3.05, 3.63) is 11.6 Å². The standard InChI is InChI=1S/C8H10N2/c1-7(5-9)3-4-8(2)6-10/h3,8H,4H2,1-2H3/b7-3+/t8-/m0/s1. The van der Waals surface area contributed by atoms with E-state index in [1.54, 1.807) is 13.0 Å². The van der Waals surface area contributed by atoms with Gasteiger partial charge >= 0.3 is 0 Å². The molecule has 0 saturated carbocycles. The summed E-state index contributed by atoms with van der Waals surface area (Å²) in [6.45, 7) is 3.57. The van der Waals surface area contributed by atoms with Gasteiger partial charge in [-0.25, -0.2) is 0 Å². The summed E-state index contributed by atoms with van der Waals surface area (Å²) >= 11 is 0. The van der Waals surface area contributed by atoms with Gasteiger partial charge in [0.1, 0.15) is 0 Å². The lowest BCUT2D eigenvalue weighted by atomic mass is 10.1. The highest BCUT2D eigenvalue weighted by atomic mass is 14.3. The first-order chi connectivity index (χ1) is 4.70. The molecule has 0 fully saturated rings. The van der Waals surface area contributed by atoms with E-state index in [2.05, 4.69) is 6.07 Å². The van der Waals surface area contributed by atoms with E-state index < -0.39 is 0 Å². The molecule has 0 aromatic carbocycles. The molecule has 0 rings (SSSR count). The molecule has 0 aliphatic rings. The summed E-state index contributed by atoms with van der Waals surface area (Å²) in [6, 6.07) is 4.09. The third kappa shape index (κ3) is 3.69. The van der Waals surface area contributed by atoms with Gasteiger partial charge in [0, 0.05) is 11.5 Å². The first-order valence-electron chi connectivity index (χ1n) is 3.17. The number of hydrogen-bond acceptors (Lipinski definition) is 2. The third-order valence-corrected chi connectivity index (χ3v) is 1.17. The normalized spacial score (nSPS) is 13.4. The zero-order valence-corrected chi connectivity index (χ0v) is 6.26. The van der Waals surface area contributed by atoms with Crippen LogP contribution in [0.2, 0.25) is 0 Å². The lowest BCUT2D eigenvalue weighted by Crippen LogP contribution is -1.85. The van der Waals surface area contributed by atoms with Crippen LogP contribution >= 0.6 is 0 Å². The van der Waals surface area contributed by atoms with Crippen LogP contribution in [0.1, 0.15) is 20.3 Å². The molecule has 0 N–H and O–H groups in total. The van der Waals surface area contributed by atoms with Crippen molar-refractivity contribution in [3.8, 4) is 12.1 Å². The molecule has 2 nitrogen and oxygen atoms in total. The fourth-order valence-electron chi connectivity index (χ4n) is 0.452. The molecule has 0 unspecified atom stereocenters. The van der Waals surface area contributed by atoms with Gasteiger partial charge in [-0.15, -0.1) is 0 Å². The molecular formula is C8H10N2. The van der Waals surface area contributed by atoms with Crippen molar-refractivity contribution < 1.29 is 0 Å². The maximum Gasteiger partial charge on any atom is 0.0940 e. The van der Waals surface area contributed by atoms with E-state index in [4.69, 9.17) is 10.5 Å². The van der Waals surface area contributed by atoms with Crippen molar-refractivity contribution in [2.24, 2.45) is 5.92 Å². The van der Waals surface area contributed by atoms with Crippen molar-refractivity contribution >= 4 is 0 Å². The number of nitrogens with zero attached hydrogens (tertiary/aromatic N) is 2. The first kappa shape index (κ1) is 8.72. The fourth-order valence-corrected chi connectivity index (χ4v) is 0.452. The Morgan fingerprint density at radius 3 is 2.60 bits per heavy atom. The zero-order valence-electron chi connectivity index (χ0n) is 6.26. The average Bonchev–Trinajstić information content (AvgIpc) is 1.99. The lowest BCUT2D eigenvalue weighted by Gasteiger charge is -1.93. The van der Waals surface area contributed by atoms with E-state index in [1.807, 2.05) is 13.0 Å². The van der Waals surface area contributed by atoms with Gasteiger partial charge in [-0.1, -0.05) is 6.08 Å². The Labute approximate surface area is 61.4 Å². The Bertz CT molecular complexity index is 202. The van der Waals surface area contributed by atoms with Crippen LogP contribution in [0, 0.1) is 28.6 Å². The molecule has 0 amide bonds. The quantitative estimate of drug-likeness (QED) is 0.542. The van der Waals surface area contributed by atoms with Crippen molar-refractivity contribution in [2.45, 2.75) is 20.3 Å². The Hall–Kier alpha value is -1.28. The number of allylic oxidation sites excluding steroid dienone is 2. The van der Waals surface area contributed by atoms with E-state index in [-0.39, 0.29) is 5.92 Å². The highest BCUT2D eigenvalue weighted by molar-refractivity contribution is 5.17. The number of rotatable bonds is 2. The second-order valence-corrected chi connectivity index (χ2v) is 2.26. The third-order valence-electron chi connectivity index (χ3n) is 1.17. The lowest BCUT2D eigenvalue weighted by molar-refractivity contribution is 0.758. The molecule has 0 saturated heterocycles. The molecule has 0 spiro atoms. The summed E-state index contributed by atoms with van der Waals surface area (Å²) in [7, 11) is 0. The van der Waals surface area contributed by atoms with Gasteiger partial charge in [0.05, 0.1) is 12.1 Å². The van der Waals surface area contributed by atoms with Gasteiger partial charge in [0.25, 0.3) is 0 Å². The fraction of sp³-hybridized carbons (Fsp3) is 0.500. The SMILES string of the molecule is C/C(C#N)=C\C[C@H](C)C#N.